The van der Waals surface area contributed by atoms with Crippen molar-refractivity contribution in [3.63, 3.8) is 0 Å². The molecular formula is C41H64O5. The normalized spacial score (nSPS) is 13.4. The number of aliphatic hydroxyl groups excluding tert-OH is 1. The number of carbonyl (C=O) groups excluding carboxylic acids is 2. The van der Waals surface area contributed by atoms with Crippen LogP contribution in [0.4, 0.5) is 0 Å². The molecule has 0 aromatic rings. The van der Waals surface area contributed by atoms with Crippen LogP contribution in [0.25, 0.3) is 0 Å². The van der Waals surface area contributed by atoms with Gasteiger partial charge in [-0.2, -0.15) is 0 Å². The molecule has 5 heteroatoms. The molecule has 0 rings (SSSR count). The van der Waals surface area contributed by atoms with Crippen molar-refractivity contribution in [1.29, 1.82) is 0 Å². The molecule has 0 aliphatic heterocycles. The molecule has 5 nitrogen and oxygen atoms in total. The van der Waals surface area contributed by atoms with Crippen LogP contribution in [0.1, 0.15) is 129 Å². The quantitative estimate of drug-likeness (QED) is 0.0482. The summed E-state index contributed by atoms with van der Waals surface area (Å²) in [5.41, 5.74) is 0. The van der Waals surface area contributed by atoms with E-state index in [2.05, 4.69) is 111 Å². The standard InChI is InChI=1S/C41H64O5/c1-3-5-7-9-11-13-15-17-19-20-22-23-25-27-29-31-33-35-40(43)45-38-39(37-42)46-41(44)36-34-32-30-28-26-24-21-18-16-14-12-10-8-6-4-2/h5-8,11-14,17-19,21-23,27,29,39,42H,3-4,9-10,15-16,20,24-26,28,30-38H2,1-2H3. The van der Waals surface area contributed by atoms with Crippen molar-refractivity contribution in [3.05, 3.63) is 97.2 Å². The molecule has 0 fully saturated rings. The largest absolute Gasteiger partial charge is 0.462 e. The van der Waals surface area contributed by atoms with E-state index in [4.69, 9.17) is 9.47 Å². The van der Waals surface area contributed by atoms with Crippen molar-refractivity contribution < 1.29 is 24.2 Å². The lowest BCUT2D eigenvalue weighted by molar-refractivity contribution is -0.161. The fraction of sp³-hybridized carbons (Fsp3) is 0.561. The number of hydrogen-bond acceptors (Lipinski definition) is 5. The summed E-state index contributed by atoms with van der Waals surface area (Å²) in [7, 11) is 0. The number of esters is 2. The SMILES string of the molecule is CCC=CCC=CCC=CCC=CCC=CCCCC(=O)OCC(CO)OC(=O)CCCCCCCC=CCC=CCC=CCC. The average molecular weight is 637 g/mol. The van der Waals surface area contributed by atoms with E-state index in [-0.39, 0.29) is 25.2 Å². The number of unbranched alkanes of at least 4 members (excludes halogenated alkanes) is 6. The minimum absolute atomic E-state index is 0.109. The Morgan fingerprint density at radius 2 is 0.891 bits per heavy atom. The predicted molar refractivity (Wildman–Crippen MR) is 195 cm³/mol. The van der Waals surface area contributed by atoms with Gasteiger partial charge in [0, 0.05) is 12.8 Å². The van der Waals surface area contributed by atoms with E-state index >= 15 is 0 Å². The van der Waals surface area contributed by atoms with Gasteiger partial charge in [0.25, 0.3) is 0 Å². The molecule has 0 aliphatic carbocycles. The summed E-state index contributed by atoms with van der Waals surface area (Å²) in [6.07, 6.45) is 50.3. The molecule has 1 unspecified atom stereocenters. The highest BCUT2D eigenvalue weighted by molar-refractivity contribution is 5.70. The molecule has 0 radical (unpaired) electrons. The lowest BCUT2D eigenvalue weighted by Gasteiger charge is -2.15. The van der Waals surface area contributed by atoms with Crippen molar-refractivity contribution >= 4 is 11.9 Å². The van der Waals surface area contributed by atoms with Gasteiger partial charge in [0.2, 0.25) is 0 Å². The van der Waals surface area contributed by atoms with E-state index in [0.29, 0.717) is 19.3 Å². The zero-order valence-electron chi connectivity index (χ0n) is 29.0. The first-order chi connectivity index (χ1) is 22.6. The number of allylic oxidation sites excluding steroid dienone is 16. The van der Waals surface area contributed by atoms with Crippen molar-refractivity contribution in [2.75, 3.05) is 13.2 Å². The third-order valence-electron chi connectivity index (χ3n) is 6.87. The summed E-state index contributed by atoms with van der Waals surface area (Å²) in [6, 6.07) is 0. The van der Waals surface area contributed by atoms with Crippen LogP contribution in [0.5, 0.6) is 0 Å². The summed E-state index contributed by atoms with van der Waals surface area (Å²) < 4.78 is 10.5. The first-order valence-corrected chi connectivity index (χ1v) is 17.8. The van der Waals surface area contributed by atoms with Gasteiger partial charge in [-0.3, -0.25) is 9.59 Å². The summed E-state index contributed by atoms with van der Waals surface area (Å²) in [6.45, 7) is 3.81. The Morgan fingerprint density at radius 3 is 1.37 bits per heavy atom. The van der Waals surface area contributed by atoms with Gasteiger partial charge < -0.3 is 14.6 Å². The summed E-state index contributed by atoms with van der Waals surface area (Å²) >= 11 is 0. The minimum atomic E-state index is -0.808. The second-order valence-corrected chi connectivity index (χ2v) is 11.2. The van der Waals surface area contributed by atoms with Gasteiger partial charge in [-0.1, -0.05) is 130 Å². The van der Waals surface area contributed by atoms with Crippen molar-refractivity contribution in [2.45, 2.75) is 136 Å². The fourth-order valence-corrected chi connectivity index (χ4v) is 4.25. The molecule has 1 atom stereocenters. The maximum absolute atomic E-state index is 12.1. The molecule has 0 saturated heterocycles. The van der Waals surface area contributed by atoms with Crippen LogP contribution < -0.4 is 0 Å². The average Bonchev–Trinajstić information content (AvgIpc) is 3.06. The number of carbonyl (C=O) groups is 2. The van der Waals surface area contributed by atoms with Crippen LogP contribution >= 0.6 is 0 Å². The first kappa shape index (κ1) is 42.8. The lowest BCUT2D eigenvalue weighted by atomic mass is 10.1. The summed E-state index contributed by atoms with van der Waals surface area (Å²) in [5, 5.41) is 9.52. The van der Waals surface area contributed by atoms with Crippen LogP contribution in [0.15, 0.2) is 97.2 Å². The van der Waals surface area contributed by atoms with Gasteiger partial charge >= 0.3 is 11.9 Å². The highest BCUT2D eigenvalue weighted by atomic mass is 16.6. The Bertz CT molecular complexity index is 948. The lowest BCUT2D eigenvalue weighted by Crippen LogP contribution is -2.28. The third-order valence-corrected chi connectivity index (χ3v) is 6.87. The third kappa shape index (κ3) is 33.7. The highest BCUT2D eigenvalue weighted by Gasteiger charge is 2.15. The first-order valence-electron chi connectivity index (χ1n) is 17.8. The van der Waals surface area contributed by atoms with Crippen LogP contribution in [0, 0.1) is 0 Å². The zero-order chi connectivity index (χ0) is 33.6. The zero-order valence-corrected chi connectivity index (χ0v) is 29.0. The van der Waals surface area contributed by atoms with Crippen molar-refractivity contribution in [3.8, 4) is 0 Å². The molecule has 0 amide bonds. The molecule has 0 spiro atoms. The van der Waals surface area contributed by atoms with Crippen LogP contribution in [-0.4, -0.2) is 36.4 Å². The van der Waals surface area contributed by atoms with Gasteiger partial charge in [-0.15, -0.1) is 0 Å². The van der Waals surface area contributed by atoms with E-state index in [0.717, 1.165) is 96.3 Å². The Kier molecular flexibility index (Phi) is 33.8. The molecule has 0 bridgehead atoms. The number of ether oxygens (including phenoxy) is 2. The van der Waals surface area contributed by atoms with Crippen LogP contribution in [0.2, 0.25) is 0 Å². The Labute approximate surface area is 281 Å². The predicted octanol–water partition coefficient (Wildman–Crippen LogP) is 10.9. The molecule has 46 heavy (non-hydrogen) atoms. The number of aliphatic hydroxyl groups is 1. The molecule has 0 saturated carbocycles. The van der Waals surface area contributed by atoms with Crippen molar-refractivity contribution in [2.24, 2.45) is 0 Å². The van der Waals surface area contributed by atoms with E-state index in [1.807, 2.05) is 0 Å². The molecule has 0 aromatic carbocycles. The van der Waals surface area contributed by atoms with Gasteiger partial charge in [-0.25, -0.2) is 0 Å². The van der Waals surface area contributed by atoms with E-state index in [1.54, 1.807) is 0 Å². The maximum atomic E-state index is 12.1. The van der Waals surface area contributed by atoms with Gasteiger partial charge in [0.05, 0.1) is 6.61 Å². The van der Waals surface area contributed by atoms with Gasteiger partial charge in [0.15, 0.2) is 6.10 Å². The number of rotatable bonds is 30. The Balaban J connectivity index is 3.75. The van der Waals surface area contributed by atoms with Gasteiger partial charge in [-0.05, 0) is 83.5 Å². The number of hydrogen-bond donors (Lipinski definition) is 1. The van der Waals surface area contributed by atoms with Crippen LogP contribution in [0.3, 0.4) is 0 Å². The Hall–Kier alpha value is -3.18. The van der Waals surface area contributed by atoms with Crippen LogP contribution in [-0.2, 0) is 19.1 Å². The minimum Gasteiger partial charge on any atom is -0.462 e. The van der Waals surface area contributed by atoms with Gasteiger partial charge in [0.1, 0.15) is 6.61 Å². The highest BCUT2D eigenvalue weighted by Crippen LogP contribution is 2.10. The van der Waals surface area contributed by atoms with Crippen molar-refractivity contribution in [1.82, 2.24) is 0 Å². The second kappa shape index (κ2) is 36.3. The summed E-state index contributed by atoms with van der Waals surface area (Å²) in [5.74, 6) is -0.692. The maximum Gasteiger partial charge on any atom is 0.306 e. The second-order valence-electron chi connectivity index (χ2n) is 11.2. The molecular weight excluding hydrogens is 572 g/mol. The molecule has 0 aliphatic rings. The molecule has 1 N–H and O–H groups in total. The van der Waals surface area contributed by atoms with E-state index < -0.39 is 6.10 Å². The topological polar surface area (TPSA) is 72.8 Å². The Morgan fingerprint density at radius 1 is 0.500 bits per heavy atom. The van der Waals surface area contributed by atoms with E-state index in [9.17, 15) is 14.7 Å². The monoisotopic (exact) mass is 636 g/mol. The molecule has 0 heterocycles. The fourth-order valence-electron chi connectivity index (χ4n) is 4.25. The summed E-state index contributed by atoms with van der Waals surface area (Å²) in [4.78, 5) is 24.2. The smallest absolute Gasteiger partial charge is 0.306 e. The molecule has 258 valence electrons. The molecule has 0 aromatic heterocycles. The van der Waals surface area contributed by atoms with E-state index in [1.165, 1.54) is 0 Å².